The van der Waals surface area contributed by atoms with Gasteiger partial charge >= 0.3 is 5.97 Å². The number of hydrogen-bond donors (Lipinski definition) is 0. The van der Waals surface area contributed by atoms with Gasteiger partial charge in [0.2, 0.25) is 0 Å². The molecule has 0 spiro atoms. The van der Waals surface area contributed by atoms with Gasteiger partial charge in [-0.1, -0.05) is 125 Å². The molecule has 5 aromatic rings. The van der Waals surface area contributed by atoms with Crippen molar-refractivity contribution >= 4 is 38.3 Å². The standard InChI is InChI=1S/C37H42O2/c1-3-27(2)29-18-16-28(17-19-29)26-39-35(38)15-10-8-6-4-5-7-9-12-30-20-21-33-23-22-31-13-11-14-32-24-25-34(30)37(33)36(31)32/h11,13-14,16-25,27H,3-10,12,15,26H2,1-2H3. The predicted octanol–water partition coefficient (Wildman–Crippen LogP) is 10.5. The highest BCUT2D eigenvalue weighted by atomic mass is 16.5. The summed E-state index contributed by atoms with van der Waals surface area (Å²) in [7, 11) is 0. The first-order valence-corrected chi connectivity index (χ1v) is 15.0. The lowest BCUT2D eigenvalue weighted by Crippen LogP contribution is -2.04. The van der Waals surface area contributed by atoms with Crippen molar-refractivity contribution in [3.05, 3.63) is 95.6 Å². The topological polar surface area (TPSA) is 26.3 Å². The van der Waals surface area contributed by atoms with Crippen molar-refractivity contribution in [2.24, 2.45) is 0 Å². The zero-order valence-electron chi connectivity index (χ0n) is 23.7. The van der Waals surface area contributed by atoms with E-state index in [0.717, 1.165) is 31.2 Å². The van der Waals surface area contributed by atoms with E-state index in [9.17, 15) is 4.79 Å². The minimum atomic E-state index is -0.0747. The van der Waals surface area contributed by atoms with E-state index in [4.69, 9.17) is 4.74 Å². The molecule has 0 heterocycles. The van der Waals surface area contributed by atoms with Crippen LogP contribution in [-0.2, 0) is 22.6 Å². The molecule has 0 amide bonds. The van der Waals surface area contributed by atoms with Crippen molar-refractivity contribution in [1.82, 2.24) is 0 Å². The fourth-order valence-electron chi connectivity index (χ4n) is 5.90. The van der Waals surface area contributed by atoms with Gasteiger partial charge in [-0.05, 0) is 80.6 Å². The van der Waals surface area contributed by atoms with Crippen LogP contribution in [0.4, 0.5) is 0 Å². The van der Waals surface area contributed by atoms with Crippen molar-refractivity contribution in [3.63, 3.8) is 0 Å². The van der Waals surface area contributed by atoms with Crippen LogP contribution in [0, 0.1) is 0 Å². The molecular formula is C37H42O2. The third-order valence-corrected chi connectivity index (χ3v) is 8.51. The number of carbonyl (C=O) groups excluding carboxylic acids is 1. The van der Waals surface area contributed by atoms with Crippen LogP contribution in [0.2, 0.25) is 0 Å². The van der Waals surface area contributed by atoms with E-state index in [0.29, 0.717) is 18.9 Å². The third-order valence-electron chi connectivity index (χ3n) is 8.51. The first-order chi connectivity index (χ1) is 19.1. The van der Waals surface area contributed by atoms with Gasteiger partial charge in [0.25, 0.3) is 0 Å². The monoisotopic (exact) mass is 518 g/mol. The van der Waals surface area contributed by atoms with Gasteiger partial charge in [0, 0.05) is 6.42 Å². The molecule has 0 aliphatic rings. The lowest BCUT2D eigenvalue weighted by atomic mass is 9.90. The number of ether oxygens (including phenoxy) is 1. The molecule has 1 atom stereocenters. The summed E-state index contributed by atoms with van der Waals surface area (Å²) in [4.78, 5) is 12.1. The van der Waals surface area contributed by atoms with E-state index in [-0.39, 0.29) is 5.97 Å². The summed E-state index contributed by atoms with van der Waals surface area (Å²) in [6.45, 7) is 4.83. The van der Waals surface area contributed by atoms with Crippen molar-refractivity contribution in [3.8, 4) is 0 Å². The van der Waals surface area contributed by atoms with E-state index in [2.05, 4.69) is 92.7 Å². The SMILES string of the molecule is CCC(C)c1ccc(COC(=O)CCCCCCCCCc2ccc3ccc4cccc5ccc2c3c45)cc1. The second kappa shape index (κ2) is 13.1. The van der Waals surface area contributed by atoms with E-state index >= 15 is 0 Å². The van der Waals surface area contributed by atoms with Crippen molar-refractivity contribution < 1.29 is 9.53 Å². The molecule has 2 heteroatoms. The van der Waals surface area contributed by atoms with Crippen molar-refractivity contribution in [2.45, 2.75) is 90.6 Å². The third kappa shape index (κ3) is 6.61. The smallest absolute Gasteiger partial charge is 0.306 e. The molecule has 0 radical (unpaired) electrons. The molecule has 0 aliphatic heterocycles. The quantitative estimate of drug-likeness (QED) is 0.0830. The number of unbranched alkanes of at least 4 members (excludes halogenated alkanes) is 6. The number of rotatable bonds is 14. The van der Waals surface area contributed by atoms with Gasteiger partial charge < -0.3 is 4.74 Å². The Morgan fingerprint density at radius 2 is 1.31 bits per heavy atom. The van der Waals surface area contributed by atoms with Crippen LogP contribution in [0.5, 0.6) is 0 Å². The van der Waals surface area contributed by atoms with E-state index in [1.165, 1.54) is 75.5 Å². The van der Waals surface area contributed by atoms with Gasteiger partial charge in [-0.2, -0.15) is 0 Å². The molecule has 2 nitrogen and oxygen atoms in total. The lowest BCUT2D eigenvalue weighted by molar-refractivity contribution is -0.145. The minimum absolute atomic E-state index is 0.0747. The summed E-state index contributed by atoms with van der Waals surface area (Å²) in [5, 5.41) is 8.28. The summed E-state index contributed by atoms with van der Waals surface area (Å²) in [6, 6.07) is 28.9. The lowest BCUT2D eigenvalue weighted by Gasteiger charge is -2.14. The molecule has 0 saturated heterocycles. The molecule has 0 saturated carbocycles. The Kier molecular flexibility index (Phi) is 9.14. The number of benzene rings is 5. The van der Waals surface area contributed by atoms with Gasteiger partial charge in [-0.3, -0.25) is 4.79 Å². The van der Waals surface area contributed by atoms with E-state index in [1.807, 2.05) is 0 Å². The molecule has 0 aliphatic carbocycles. The zero-order valence-corrected chi connectivity index (χ0v) is 23.7. The molecule has 0 bridgehead atoms. The molecule has 0 fully saturated rings. The maximum atomic E-state index is 12.1. The number of esters is 1. The average molecular weight is 519 g/mol. The first kappa shape index (κ1) is 27.2. The van der Waals surface area contributed by atoms with Crippen LogP contribution in [0.3, 0.4) is 0 Å². The minimum Gasteiger partial charge on any atom is -0.461 e. The Labute approximate surface area is 233 Å². The zero-order chi connectivity index (χ0) is 27.0. The fourth-order valence-corrected chi connectivity index (χ4v) is 5.90. The maximum absolute atomic E-state index is 12.1. The Morgan fingerprint density at radius 3 is 2.03 bits per heavy atom. The average Bonchev–Trinajstić information content (AvgIpc) is 2.98. The maximum Gasteiger partial charge on any atom is 0.306 e. The van der Waals surface area contributed by atoms with Crippen LogP contribution in [0.15, 0.2) is 78.9 Å². The van der Waals surface area contributed by atoms with Crippen LogP contribution >= 0.6 is 0 Å². The Bertz CT molecular complexity index is 1480. The Hall–Kier alpha value is -3.39. The van der Waals surface area contributed by atoms with Gasteiger partial charge in [0.05, 0.1) is 0 Å². The number of aryl methyl sites for hydroxylation is 1. The molecule has 1 unspecified atom stereocenters. The Balaban J connectivity index is 0.973. The van der Waals surface area contributed by atoms with Gasteiger partial charge in [0.1, 0.15) is 6.61 Å². The van der Waals surface area contributed by atoms with Crippen LogP contribution in [0.25, 0.3) is 32.3 Å². The summed E-state index contributed by atoms with van der Waals surface area (Å²) >= 11 is 0. The highest BCUT2D eigenvalue weighted by Gasteiger charge is 2.11. The van der Waals surface area contributed by atoms with Crippen LogP contribution < -0.4 is 0 Å². The van der Waals surface area contributed by atoms with Gasteiger partial charge in [-0.15, -0.1) is 0 Å². The summed E-state index contributed by atoms with van der Waals surface area (Å²) in [5.74, 6) is 0.495. The first-order valence-electron chi connectivity index (χ1n) is 15.0. The molecule has 0 aromatic heterocycles. The van der Waals surface area contributed by atoms with Crippen LogP contribution in [-0.4, -0.2) is 5.97 Å². The molecular weight excluding hydrogens is 476 g/mol. The fraction of sp³-hybridized carbons (Fsp3) is 0.378. The number of hydrogen-bond acceptors (Lipinski definition) is 2. The summed E-state index contributed by atoms with van der Waals surface area (Å²) in [5.41, 5.74) is 3.89. The molecule has 39 heavy (non-hydrogen) atoms. The van der Waals surface area contributed by atoms with Crippen molar-refractivity contribution in [1.29, 1.82) is 0 Å². The second-order valence-electron chi connectivity index (χ2n) is 11.3. The molecule has 5 aromatic carbocycles. The van der Waals surface area contributed by atoms with Crippen molar-refractivity contribution in [2.75, 3.05) is 0 Å². The largest absolute Gasteiger partial charge is 0.461 e. The summed E-state index contributed by atoms with van der Waals surface area (Å²) < 4.78 is 5.49. The highest BCUT2D eigenvalue weighted by Crippen LogP contribution is 2.36. The molecule has 202 valence electrons. The number of carbonyl (C=O) groups is 1. The predicted molar refractivity (Wildman–Crippen MR) is 166 cm³/mol. The normalized spacial score (nSPS) is 12.5. The van der Waals surface area contributed by atoms with Gasteiger partial charge in [-0.25, -0.2) is 0 Å². The van der Waals surface area contributed by atoms with E-state index < -0.39 is 0 Å². The van der Waals surface area contributed by atoms with Gasteiger partial charge in [0.15, 0.2) is 0 Å². The molecule has 0 N–H and O–H groups in total. The Morgan fingerprint density at radius 1 is 0.692 bits per heavy atom. The summed E-state index contributed by atoms with van der Waals surface area (Å²) in [6.07, 6.45) is 11.0. The molecule has 5 rings (SSSR count). The van der Waals surface area contributed by atoms with E-state index in [1.54, 1.807) is 0 Å². The second-order valence-corrected chi connectivity index (χ2v) is 11.3. The highest BCUT2D eigenvalue weighted by molar-refractivity contribution is 6.23. The van der Waals surface area contributed by atoms with Crippen LogP contribution in [0.1, 0.15) is 94.2 Å².